The molecule has 0 N–H and O–H groups in total. The van der Waals surface area contributed by atoms with Crippen molar-refractivity contribution in [3.8, 4) is 5.75 Å². The summed E-state index contributed by atoms with van der Waals surface area (Å²) in [6.07, 6.45) is -0.0835. The lowest BCUT2D eigenvalue weighted by atomic mass is 9.65. The largest absolute Gasteiger partial charge is 0.493 e. The summed E-state index contributed by atoms with van der Waals surface area (Å²) in [6, 6.07) is 18.8. The maximum atomic E-state index is 6.65. The predicted octanol–water partition coefficient (Wildman–Crippen LogP) is 4.43. The van der Waals surface area contributed by atoms with Gasteiger partial charge in [-0.2, -0.15) is 5.10 Å². The Morgan fingerprint density at radius 1 is 1.00 bits per heavy atom. The van der Waals surface area contributed by atoms with Gasteiger partial charge in [-0.15, -0.1) is 0 Å². The Kier molecular flexibility index (Phi) is 3.41. The van der Waals surface area contributed by atoms with Gasteiger partial charge in [0.1, 0.15) is 5.75 Å². The van der Waals surface area contributed by atoms with E-state index >= 15 is 0 Å². The van der Waals surface area contributed by atoms with Gasteiger partial charge in [0.05, 0.1) is 23.8 Å². The topological polar surface area (TPSA) is 34.1 Å². The van der Waals surface area contributed by atoms with Gasteiger partial charge in [0.2, 0.25) is 0 Å². The van der Waals surface area contributed by atoms with Crippen molar-refractivity contribution in [1.29, 1.82) is 0 Å². The predicted molar refractivity (Wildman–Crippen MR) is 103 cm³/mol. The van der Waals surface area contributed by atoms with Crippen LogP contribution in [-0.2, 0) is 4.74 Å². The van der Waals surface area contributed by atoms with E-state index in [1.807, 2.05) is 24.3 Å². The van der Waals surface area contributed by atoms with E-state index in [4.69, 9.17) is 14.6 Å². The molecule has 4 atom stereocenters. The van der Waals surface area contributed by atoms with Crippen molar-refractivity contribution >= 4 is 11.4 Å². The van der Waals surface area contributed by atoms with Gasteiger partial charge in [-0.25, -0.2) is 5.01 Å². The van der Waals surface area contributed by atoms with E-state index < -0.39 is 0 Å². The van der Waals surface area contributed by atoms with Gasteiger partial charge in [-0.05, 0) is 44.5 Å². The third-order valence-electron chi connectivity index (χ3n) is 6.15. The van der Waals surface area contributed by atoms with Crippen molar-refractivity contribution in [2.75, 3.05) is 11.6 Å². The normalized spacial score (nSPS) is 31.3. The van der Waals surface area contributed by atoms with Crippen LogP contribution in [0.3, 0.4) is 0 Å². The van der Waals surface area contributed by atoms with E-state index in [1.54, 1.807) is 0 Å². The van der Waals surface area contributed by atoms with Crippen LogP contribution in [0.15, 0.2) is 59.7 Å². The Hall–Kier alpha value is -2.33. The molecule has 3 aliphatic rings. The first-order valence-electron chi connectivity index (χ1n) is 9.35. The van der Waals surface area contributed by atoms with Crippen LogP contribution in [0.2, 0.25) is 0 Å². The number of hydrazone groups is 1. The summed E-state index contributed by atoms with van der Waals surface area (Å²) in [5.74, 6) is 1.90. The number of rotatable bonds is 1. The van der Waals surface area contributed by atoms with Gasteiger partial charge in [-0.1, -0.05) is 36.4 Å². The van der Waals surface area contributed by atoms with Gasteiger partial charge in [0.25, 0.3) is 0 Å². The zero-order valence-electron chi connectivity index (χ0n) is 15.4. The van der Waals surface area contributed by atoms with Crippen LogP contribution in [0.1, 0.15) is 32.3 Å². The smallest absolute Gasteiger partial charge is 0.160 e. The van der Waals surface area contributed by atoms with Crippen molar-refractivity contribution in [3.63, 3.8) is 0 Å². The molecule has 1 saturated heterocycles. The molecule has 2 aromatic rings. The van der Waals surface area contributed by atoms with E-state index in [9.17, 15) is 0 Å². The third kappa shape index (κ3) is 2.21. The lowest BCUT2D eigenvalue weighted by molar-refractivity contribution is -0.172. The molecule has 26 heavy (non-hydrogen) atoms. The molecule has 0 radical (unpaired) electrons. The van der Waals surface area contributed by atoms with Crippen LogP contribution < -0.4 is 9.75 Å². The molecule has 4 heteroatoms. The second kappa shape index (κ2) is 5.58. The van der Waals surface area contributed by atoms with Crippen molar-refractivity contribution < 1.29 is 9.47 Å². The molecule has 2 aromatic carbocycles. The number of para-hydroxylation sites is 2. The van der Waals surface area contributed by atoms with Crippen molar-refractivity contribution in [1.82, 2.24) is 0 Å². The van der Waals surface area contributed by atoms with E-state index in [1.165, 1.54) is 5.56 Å². The van der Waals surface area contributed by atoms with Crippen LogP contribution in [-0.4, -0.2) is 24.1 Å². The monoisotopic (exact) mass is 348 g/mol. The average Bonchev–Trinajstić information content (AvgIpc) is 2.97. The lowest BCUT2D eigenvalue weighted by Crippen LogP contribution is -2.58. The highest BCUT2D eigenvalue weighted by Gasteiger charge is 2.57. The molecule has 0 unspecified atom stereocenters. The van der Waals surface area contributed by atoms with Crippen LogP contribution in [0.25, 0.3) is 0 Å². The molecule has 0 aromatic heterocycles. The zero-order chi connectivity index (χ0) is 17.9. The van der Waals surface area contributed by atoms with E-state index in [-0.39, 0.29) is 17.7 Å². The highest BCUT2D eigenvalue weighted by atomic mass is 16.5. The fourth-order valence-corrected chi connectivity index (χ4v) is 4.86. The maximum absolute atomic E-state index is 6.65. The number of hydrogen-bond acceptors (Lipinski definition) is 4. The minimum atomic E-state index is -0.285. The van der Waals surface area contributed by atoms with Crippen molar-refractivity contribution in [2.45, 2.75) is 38.5 Å². The van der Waals surface area contributed by atoms with E-state index in [0.717, 1.165) is 17.1 Å². The molecule has 3 aliphatic heterocycles. The minimum Gasteiger partial charge on any atom is -0.493 e. The number of hydrogen-bond donors (Lipinski definition) is 0. The molecule has 5 rings (SSSR count). The highest BCUT2D eigenvalue weighted by molar-refractivity contribution is 5.90. The fourth-order valence-electron chi connectivity index (χ4n) is 4.86. The van der Waals surface area contributed by atoms with Gasteiger partial charge in [-0.3, -0.25) is 0 Å². The van der Waals surface area contributed by atoms with Crippen molar-refractivity contribution in [2.24, 2.45) is 16.9 Å². The Labute approximate surface area is 154 Å². The molecule has 0 amide bonds. The Bertz CT molecular complexity index is 861. The Morgan fingerprint density at radius 3 is 2.54 bits per heavy atom. The zero-order valence-corrected chi connectivity index (χ0v) is 15.4. The van der Waals surface area contributed by atoms with Gasteiger partial charge < -0.3 is 9.47 Å². The number of fused-ring (bicyclic) bond motifs is 5. The number of ether oxygens (including phenoxy) is 2. The van der Waals surface area contributed by atoms with Gasteiger partial charge in [0.15, 0.2) is 6.23 Å². The molecule has 4 nitrogen and oxygen atoms in total. The summed E-state index contributed by atoms with van der Waals surface area (Å²) in [6.45, 7) is 7.21. The lowest BCUT2D eigenvalue weighted by Gasteiger charge is -2.52. The molecule has 3 heterocycles. The summed E-state index contributed by atoms with van der Waals surface area (Å²) in [5.41, 5.74) is 3.22. The highest BCUT2D eigenvalue weighted by Crippen LogP contribution is 2.54. The minimum absolute atomic E-state index is 0.0835. The molecule has 0 aliphatic carbocycles. The summed E-state index contributed by atoms with van der Waals surface area (Å²) in [5, 5.41) is 6.98. The molecule has 0 saturated carbocycles. The van der Waals surface area contributed by atoms with E-state index in [0.29, 0.717) is 18.4 Å². The average molecular weight is 348 g/mol. The summed E-state index contributed by atoms with van der Waals surface area (Å²) >= 11 is 0. The standard InChI is InChI=1S/C22H24N2O2/c1-14-19-20-16-11-7-8-12-18(16)25-13-17(20)22(2,3)26-21(19)24(23-14)15-9-5-4-6-10-15/h4-12,17,19-21H,13H2,1-3H3/t17-,19+,20-,21-/m1/s1. The molecule has 1 fully saturated rings. The molecular formula is C22H24N2O2. The van der Waals surface area contributed by atoms with Crippen LogP contribution in [0, 0.1) is 11.8 Å². The third-order valence-corrected chi connectivity index (χ3v) is 6.15. The second-order valence-electron chi connectivity index (χ2n) is 8.04. The maximum Gasteiger partial charge on any atom is 0.160 e. The quantitative estimate of drug-likeness (QED) is 0.765. The van der Waals surface area contributed by atoms with Gasteiger partial charge >= 0.3 is 0 Å². The summed E-state index contributed by atoms with van der Waals surface area (Å²) in [7, 11) is 0. The summed E-state index contributed by atoms with van der Waals surface area (Å²) in [4.78, 5) is 0. The van der Waals surface area contributed by atoms with Gasteiger partial charge in [0, 0.05) is 17.5 Å². The second-order valence-corrected chi connectivity index (χ2v) is 8.04. The van der Waals surface area contributed by atoms with Crippen LogP contribution in [0.5, 0.6) is 5.75 Å². The molecule has 134 valence electrons. The number of anilines is 1. The fraction of sp³-hybridized carbons (Fsp3) is 0.409. The molecule has 0 bridgehead atoms. The number of benzene rings is 2. The van der Waals surface area contributed by atoms with E-state index in [2.05, 4.69) is 56.1 Å². The Morgan fingerprint density at radius 2 is 1.73 bits per heavy atom. The molecule has 0 spiro atoms. The molecular weight excluding hydrogens is 324 g/mol. The number of nitrogens with zero attached hydrogens (tertiary/aromatic N) is 2. The first-order chi connectivity index (χ1) is 12.6. The Balaban J connectivity index is 1.62. The van der Waals surface area contributed by atoms with Crippen LogP contribution in [0.4, 0.5) is 5.69 Å². The first kappa shape index (κ1) is 15.9. The first-order valence-corrected chi connectivity index (χ1v) is 9.35. The van der Waals surface area contributed by atoms with Crippen LogP contribution >= 0.6 is 0 Å². The summed E-state index contributed by atoms with van der Waals surface area (Å²) < 4.78 is 12.7. The van der Waals surface area contributed by atoms with Crippen molar-refractivity contribution in [3.05, 3.63) is 60.2 Å². The SMILES string of the molecule is CC1=NN(c2ccccc2)[C@@H]2OC(C)(C)[C@@H]3COc4ccccc4[C@H]3[C@H]12.